The van der Waals surface area contributed by atoms with Crippen LogP contribution in [0.5, 0.6) is 0 Å². The van der Waals surface area contributed by atoms with Crippen molar-refractivity contribution in [3.63, 3.8) is 0 Å². The summed E-state index contributed by atoms with van der Waals surface area (Å²) in [7, 11) is 1.23. The zero-order valence-corrected chi connectivity index (χ0v) is 6.76. The average Bonchev–Trinajstić information content (AvgIpc) is 2.09. The van der Waals surface area contributed by atoms with Crippen LogP contribution in [0.25, 0.3) is 0 Å². The quantitative estimate of drug-likeness (QED) is 0.686. The van der Waals surface area contributed by atoms with Crippen LogP contribution < -0.4 is 5.73 Å². The Hall–Kier alpha value is -0.740. The van der Waals surface area contributed by atoms with E-state index >= 15 is 0 Å². The van der Waals surface area contributed by atoms with Gasteiger partial charge in [0.05, 0.1) is 5.92 Å². The molecule has 0 fully saturated rings. The molecule has 0 saturated heterocycles. The number of nitrogens with two attached hydrogens (primary N) is 1. The van der Waals surface area contributed by atoms with Gasteiger partial charge in [-0.2, -0.15) is 0 Å². The molecule has 2 N–H and O–H groups in total. The molecular weight excluding hydrogens is 164 g/mol. The van der Waals surface area contributed by atoms with Crippen molar-refractivity contribution in [2.75, 3.05) is 13.7 Å². The molecule has 4 heteroatoms. The lowest BCUT2D eigenvalue weighted by Crippen LogP contribution is -2.38. The van der Waals surface area contributed by atoms with Crippen LogP contribution in [0.3, 0.4) is 0 Å². The largest absolute Gasteiger partial charge is 0.346 e. The number of ether oxygens (including phenoxy) is 1. The normalized spacial score (nSPS) is 35.0. The van der Waals surface area contributed by atoms with Gasteiger partial charge in [0, 0.05) is 13.7 Å². The molecular formula is C8H11F2NO. The van der Waals surface area contributed by atoms with Crippen molar-refractivity contribution in [1.29, 1.82) is 0 Å². The molecule has 0 bridgehead atoms. The Morgan fingerprint density at radius 3 is 2.92 bits per heavy atom. The Balaban J connectivity index is 2.86. The van der Waals surface area contributed by atoms with Crippen LogP contribution >= 0.6 is 0 Å². The molecule has 0 heterocycles. The van der Waals surface area contributed by atoms with E-state index < -0.39 is 17.6 Å². The van der Waals surface area contributed by atoms with Crippen LogP contribution in [-0.2, 0) is 4.74 Å². The third-order valence-corrected chi connectivity index (χ3v) is 1.90. The van der Waals surface area contributed by atoms with Gasteiger partial charge in [0.1, 0.15) is 5.83 Å². The summed E-state index contributed by atoms with van der Waals surface area (Å²) in [6.07, 6.45) is 3.21. The molecule has 0 aromatic carbocycles. The van der Waals surface area contributed by atoms with E-state index in [4.69, 9.17) is 5.73 Å². The fraction of sp³-hybridized carbons (Fsp3) is 0.500. The van der Waals surface area contributed by atoms with Gasteiger partial charge in [-0.25, -0.2) is 8.78 Å². The number of rotatable bonds is 2. The van der Waals surface area contributed by atoms with Crippen LogP contribution in [0.15, 0.2) is 24.1 Å². The first kappa shape index (κ1) is 9.35. The number of allylic oxidation sites excluding steroid dienone is 2. The predicted molar refractivity (Wildman–Crippen MR) is 41.7 cm³/mol. The minimum Gasteiger partial charge on any atom is -0.346 e. The van der Waals surface area contributed by atoms with Gasteiger partial charge >= 0.3 is 0 Å². The molecule has 0 aromatic rings. The van der Waals surface area contributed by atoms with E-state index in [0.717, 1.165) is 18.2 Å². The first-order chi connectivity index (χ1) is 5.62. The minimum atomic E-state index is -1.95. The van der Waals surface area contributed by atoms with Crippen molar-refractivity contribution in [2.45, 2.75) is 5.85 Å². The molecule has 0 spiro atoms. The van der Waals surface area contributed by atoms with Crippen molar-refractivity contribution in [3.8, 4) is 0 Å². The zero-order valence-electron chi connectivity index (χ0n) is 6.76. The molecule has 1 aliphatic rings. The Kier molecular flexibility index (Phi) is 2.59. The fourth-order valence-corrected chi connectivity index (χ4v) is 1.13. The topological polar surface area (TPSA) is 35.2 Å². The summed E-state index contributed by atoms with van der Waals surface area (Å²) in [5, 5.41) is 0. The van der Waals surface area contributed by atoms with Gasteiger partial charge in [-0.3, -0.25) is 0 Å². The number of hydrogen-bond acceptors (Lipinski definition) is 2. The fourth-order valence-electron chi connectivity index (χ4n) is 1.13. The third-order valence-electron chi connectivity index (χ3n) is 1.90. The van der Waals surface area contributed by atoms with Crippen molar-refractivity contribution >= 4 is 0 Å². The molecule has 2 atom stereocenters. The molecule has 0 radical (unpaired) electrons. The second kappa shape index (κ2) is 3.33. The summed E-state index contributed by atoms with van der Waals surface area (Å²) < 4.78 is 30.7. The van der Waals surface area contributed by atoms with Gasteiger partial charge in [0.15, 0.2) is 0 Å². The molecule has 12 heavy (non-hydrogen) atoms. The van der Waals surface area contributed by atoms with Gasteiger partial charge in [-0.1, -0.05) is 0 Å². The van der Waals surface area contributed by atoms with Crippen molar-refractivity contribution < 1.29 is 13.5 Å². The highest BCUT2D eigenvalue weighted by atomic mass is 19.2. The van der Waals surface area contributed by atoms with Crippen LogP contribution in [0.4, 0.5) is 8.78 Å². The summed E-state index contributed by atoms with van der Waals surface area (Å²) in [5.74, 6) is -3.17. The summed E-state index contributed by atoms with van der Waals surface area (Å²) in [5.41, 5.74) is 5.25. The van der Waals surface area contributed by atoms with E-state index in [1.54, 1.807) is 0 Å². The molecule has 1 rings (SSSR count). The van der Waals surface area contributed by atoms with Crippen molar-refractivity contribution in [1.82, 2.24) is 0 Å². The van der Waals surface area contributed by atoms with Crippen molar-refractivity contribution in [2.24, 2.45) is 11.7 Å². The van der Waals surface area contributed by atoms with Crippen LogP contribution in [-0.4, -0.2) is 19.5 Å². The molecule has 1 aliphatic carbocycles. The molecule has 68 valence electrons. The van der Waals surface area contributed by atoms with Gasteiger partial charge in [0.25, 0.3) is 0 Å². The number of methoxy groups -OCH3 is 1. The second-order valence-corrected chi connectivity index (χ2v) is 2.63. The lowest BCUT2D eigenvalue weighted by Gasteiger charge is -2.28. The molecule has 0 amide bonds. The monoisotopic (exact) mass is 175 g/mol. The molecule has 0 saturated carbocycles. The summed E-state index contributed by atoms with van der Waals surface area (Å²) in [4.78, 5) is 0. The zero-order chi connectivity index (χ0) is 9.19. The molecule has 2 unspecified atom stereocenters. The Morgan fingerprint density at radius 2 is 2.42 bits per heavy atom. The third kappa shape index (κ3) is 1.54. The second-order valence-electron chi connectivity index (χ2n) is 2.63. The molecule has 2 nitrogen and oxygen atoms in total. The lowest BCUT2D eigenvalue weighted by atomic mass is 9.95. The molecule has 0 aromatic heterocycles. The predicted octanol–water partition coefficient (Wildman–Crippen LogP) is 1.30. The first-order valence-electron chi connectivity index (χ1n) is 3.63. The average molecular weight is 175 g/mol. The maximum absolute atomic E-state index is 13.5. The van der Waals surface area contributed by atoms with E-state index in [1.807, 2.05) is 0 Å². The highest BCUT2D eigenvalue weighted by molar-refractivity contribution is 5.24. The van der Waals surface area contributed by atoms with Crippen molar-refractivity contribution in [3.05, 3.63) is 24.1 Å². The standard InChI is InChI=1S/C8H11F2NO/c1-12-8(10)3-2-7(9)4-6(8)5-11/h2-4,6H,5,11H2,1H3. The SMILES string of the molecule is COC1(F)C=CC(F)=CC1CN. The van der Waals surface area contributed by atoms with Gasteiger partial charge in [-0.15, -0.1) is 0 Å². The van der Waals surface area contributed by atoms with E-state index in [0.29, 0.717) is 0 Å². The van der Waals surface area contributed by atoms with E-state index in [1.165, 1.54) is 7.11 Å². The first-order valence-corrected chi connectivity index (χ1v) is 3.63. The van der Waals surface area contributed by atoms with Crippen LogP contribution in [0.2, 0.25) is 0 Å². The van der Waals surface area contributed by atoms with Gasteiger partial charge < -0.3 is 10.5 Å². The highest BCUT2D eigenvalue weighted by Crippen LogP contribution is 2.31. The summed E-state index contributed by atoms with van der Waals surface area (Å²) >= 11 is 0. The minimum absolute atomic E-state index is 0.0160. The Bertz CT molecular complexity index is 227. The van der Waals surface area contributed by atoms with Gasteiger partial charge in [0.2, 0.25) is 5.85 Å². The Morgan fingerprint density at radius 1 is 1.75 bits per heavy atom. The number of hydrogen-bond donors (Lipinski definition) is 1. The van der Waals surface area contributed by atoms with Gasteiger partial charge in [-0.05, 0) is 18.2 Å². The maximum Gasteiger partial charge on any atom is 0.236 e. The summed E-state index contributed by atoms with van der Waals surface area (Å²) in [6, 6.07) is 0. The Labute approximate surface area is 69.7 Å². The van der Waals surface area contributed by atoms with E-state index in [2.05, 4.69) is 4.74 Å². The summed E-state index contributed by atoms with van der Waals surface area (Å²) in [6.45, 7) is 0.0160. The van der Waals surface area contributed by atoms with Crippen LogP contribution in [0.1, 0.15) is 0 Å². The lowest BCUT2D eigenvalue weighted by molar-refractivity contribution is -0.108. The number of halogens is 2. The van der Waals surface area contributed by atoms with E-state index in [9.17, 15) is 8.78 Å². The van der Waals surface area contributed by atoms with E-state index in [-0.39, 0.29) is 6.54 Å². The number of alkyl halides is 1. The highest BCUT2D eigenvalue weighted by Gasteiger charge is 2.36. The maximum atomic E-state index is 13.5. The smallest absolute Gasteiger partial charge is 0.236 e. The molecule has 0 aliphatic heterocycles. The van der Waals surface area contributed by atoms with Crippen LogP contribution in [0, 0.1) is 5.92 Å².